The lowest BCUT2D eigenvalue weighted by Crippen LogP contribution is -2.62. The summed E-state index contributed by atoms with van der Waals surface area (Å²) in [6.07, 6.45) is 4.23. The molecule has 0 radical (unpaired) electrons. The zero-order valence-electron chi connectivity index (χ0n) is 13.9. The van der Waals surface area contributed by atoms with Crippen molar-refractivity contribution in [3.05, 3.63) is 22.8 Å². The predicted octanol–water partition coefficient (Wildman–Crippen LogP) is 3.01. The van der Waals surface area contributed by atoms with E-state index in [4.69, 9.17) is 0 Å². The fourth-order valence-electron chi connectivity index (χ4n) is 5.77. The molecule has 1 fully saturated rings. The van der Waals surface area contributed by atoms with E-state index in [9.17, 15) is 15.0 Å². The van der Waals surface area contributed by atoms with Crippen LogP contribution in [0.1, 0.15) is 58.8 Å². The molecular weight excluding hydrogens is 295 g/mol. The zero-order chi connectivity index (χ0) is 16.6. The summed E-state index contributed by atoms with van der Waals surface area (Å²) in [6.45, 7) is 3.67. The van der Waals surface area contributed by atoms with Crippen molar-refractivity contribution < 1.29 is 19.4 Å². The molecule has 0 bridgehead atoms. The third kappa shape index (κ3) is 1.79. The number of hydrogen-bond donors (Lipinski definition) is 2. The zero-order valence-corrected chi connectivity index (χ0v) is 13.9. The molecule has 4 aliphatic rings. The van der Waals surface area contributed by atoms with Gasteiger partial charge >= 0.3 is 0 Å². The second-order valence-corrected chi connectivity index (χ2v) is 8.32. The fourth-order valence-corrected chi connectivity index (χ4v) is 5.77. The van der Waals surface area contributed by atoms with Crippen molar-refractivity contribution >= 4 is 5.78 Å². The number of aliphatic hydroxyl groups is 2. The summed E-state index contributed by atoms with van der Waals surface area (Å²) >= 11 is 0. The molecule has 3 nitrogen and oxygen atoms in total. The highest BCUT2D eigenvalue weighted by Crippen LogP contribution is 2.64. The number of allylic oxidation sites excluding steroid dienone is 3. The summed E-state index contributed by atoms with van der Waals surface area (Å²) in [5, 5.41) is 21.3. The van der Waals surface area contributed by atoms with Crippen LogP contribution in [0.4, 0.5) is 4.39 Å². The summed E-state index contributed by atoms with van der Waals surface area (Å²) in [7, 11) is 0. The maximum atomic E-state index is 16.4. The summed E-state index contributed by atoms with van der Waals surface area (Å²) in [5.74, 6) is -0.251. The monoisotopic (exact) mass is 320 g/mol. The molecule has 5 atom stereocenters. The first kappa shape index (κ1) is 15.5. The molecule has 0 saturated heterocycles. The Morgan fingerprint density at radius 1 is 1.22 bits per heavy atom. The molecule has 2 N–H and O–H groups in total. The minimum absolute atomic E-state index is 0.0773. The molecular formula is C19H25FO3. The average Bonchev–Trinajstić information content (AvgIpc) is 2.77. The topological polar surface area (TPSA) is 57.5 Å². The van der Waals surface area contributed by atoms with Crippen LogP contribution in [0.15, 0.2) is 22.8 Å². The molecule has 3 unspecified atom stereocenters. The van der Waals surface area contributed by atoms with E-state index in [2.05, 4.69) is 0 Å². The van der Waals surface area contributed by atoms with Gasteiger partial charge in [0.1, 0.15) is 0 Å². The van der Waals surface area contributed by atoms with Crippen molar-refractivity contribution in [2.45, 2.75) is 76.2 Å². The number of fused-ring (bicyclic) bond motifs is 4. The molecule has 126 valence electrons. The van der Waals surface area contributed by atoms with Crippen LogP contribution in [0.5, 0.6) is 0 Å². The number of carbonyl (C=O) groups excluding carboxylic acids is 1. The summed E-state index contributed by atoms with van der Waals surface area (Å²) in [6, 6.07) is 0. The number of ketones is 1. The first-order chi connectivity index (χ1) is 10.7. The lowest BCUT2D eigenvalue weighted by molar-refractivity contribution is -0.141. The molecule has 0 aromatic rings. The Kier molecular flexibility index (Phi) is 3.07. The standard InChI is InChI=1S/C19H25FO3/c1-17-7-5-12(21)9-11(17)3-4-14-13-6-8-18(2,23)15(13)10-16(22)19(14,17)20/h9,14,16,22-23H,3-8,10H2,1-2H3/t14?,16?,17?,18-,19-/m0/s1. The lowest BCUT2D eigenvalue weighted by Gasteiger charge is -2.58. The third-order valence-electron chi connectivity index (χ3n) is 7.19. The number of hydrogen-bond acceptors (Lipinski definition) is 3. The number of alkyl halides is 1. The summed E-state index contributed by atoms with van der Waals surface area (Å²) in [4.78, 5) is 11.8. The van der Waals surface area contributed by atoms with Gasteiger partial charge in [-0.05, 0) is 50.7 Å². The molecule has 0 aromatic heterocycles. The van der Waals surface area contributed by atoms with Crippen LogP contribution in [0.2, 0.25) is 0 Å². The number of carbonyl (C=O) groups is 1. The van der Waals surface area contributed by atoms with Crippen molar-refractivity contribution in [3.63, 3.8) is 0 Å². The van der Waals surface area contributed by atoms with E-state index in [0.717, 1.165) is 23.1 Å². The van der Waals surface area contributed by atoms with Gasteiger partial charge in [0.2, 0.25) is 0 Å². The molecule has 0 aliphatic heterocycles. The fraction of sp³-hybridized carbons (Fsp3) is 0.737. The third-order valence-corrected chi connectivity index (χ3v) is 7.19. The minimum atomic E-state index is -1.73. The number of rotatable bonds is 0. The van der Waals surface area contributed by atoms with E-state index in [-0.39, 0.29) is 18.1 Å². The molecule has 4 rings (SSSR count). The van der Waals surface area contributed by atoms with Crippen molar-refractivity contribution in [1.82, 2.24) is 0 Å². The van der Waals surface area contributed by atoms with Crippen LogP contribution in [-0.4, -0.2) is 33.4 Å². The van der Waals surface area contributed by atoms with Crippen LogP contribution in [0.3, 0.4) is 0 Å². The molecule has 0 amide bonds. The Balaban J connectivity index is 1.85. The SMILES string of the molecule is CC12CCC(=O)C=C1CCC1C3=C(CC(O)[C@@]12F)[C@@](C)(O)CC3. The van der Waals surface area contributed by atoms with Gasteiger partial charge < -0.3 is 10.2 Å². The normalized spacial score (nSPS) is 49.4. The summed E-state index contributed by atoms with van der Waals surface area (Å²) in [5.41, 5.74) is -0.615. The van der Waals surface area contributed by atoms with Gasteiger partial charge in [-0.2, -0.15) is 0 Å². The Morgan fingerprint density at radius 3 is 2.70 bits per heavy atom. The van der Waals surface area contributed by atoms with Gasteiger partial charge in [0.25, 0.3) is 0 Å². The van der Waals surface area contributed by atoms with Crippen LogP contribution >= 0.6 is 0 Å². The Labute approximate surface area is 136 Å². The smallest absolute Gasteiger partial charge is 0.155 e. The Morgan fingerprint density at radius 2 is 1.96 bits per heavy atom. The van der Waals surface area contributed by atoms with E-state index in [1.165, 1.54) is 0 Å². The highest BCUT2D eigenvalue weighted by molar-refractivity contribution is 5.91. The van der Waals surface area contributed by atoms with Crippen LogP contribution < -0.4 is 0 Å². The highest BCUT2D eigenvalue weighted by atomic mass is 19.1. The van der Waals surface area contributed by atoms with Crippen molar-refractivity contribution in [3.8, 4) is 0 Å². The number of halogens is 1. The average molecular weight is 320 g/mol. The van der Waals surface area contributed by atoms with Crippen LogP contribution in [0, 0.1) is 11.3 Å². The lowest BCUT2D eigenvalue weighted by atomic mass is 9.49. The Bertz CT molecular complexity index is 647. The van der Waals surface area contributed by atoms with E-state index >= 15 is 4.39 Å². The molecule has 4 aliphatic carbocycles. The van der Waals surface area contributed by atoms with Crippen molar-refractivity contribution in [2.75, 3.05) is 0 Å². The van der Waals surface area contributed by atoms with Gasteiger partial charge in [-0.1, -0.05) is 18.1 Å². The minimum Gasteiger partial charge on any atom is -0.389 e. The van der Waals surface area contributed by atoms with Gasteiger partial charge in [-0.15, -0.1) is 0 Å². The quantitative estimate of drug-likeness (QED) is 0.675. The van der Waals surface area contributed by atoms with Crippen molar-refractivity contribution in [2.24, 2.45) is 11.3 Å². The van der Waals surface area contributed by atoms with E-state index in [1.807, 2.05) is 6.92 Å². The maximum Gasteiger partial charge on any atom is 0.155 e. The molecule has 4 heteroatoms. The maximum absolute atomic E-state index is 16.4. The van der Waals surface area contributed by atoms with E-state index < -0.39 is 22.8 Å². The second kappa shape index (κ2) is 4.54. The first-order valence-electron chi connectivity index (χ1n) is 8.76. The highest BCUT2D eigenvalue weighted by Gasteiger charge is 2.66. The van der Waals surface area contributed by atoms with Gasteiger partial charge in [-0.25, -0.2) is 4.39 Å². The summed E-state index contributed by atoms with van der Waals surface area (Å²) < 4.78 is 16.4. The molecule has 0 heterocycles. The van der Waals surface area contributed by atoms with Gasteiger partial charge in [0, 0.05) is 24.2 Å². The Hall–Kier alpha value is -1.00. The second-order valence-electron chi connectivity index (χ2n) is 8.32. The number of aliphatic hydroxyl groups excluding tert-OH is 1. The predicted molar refractivity (Wildman–Crippen MR) is 84.5 cm³/mol. The molecule has 1 saturated carbocycles. The van der Waals surface area contributed by atoms with Crippen molar-refractivity contribution in [1.29, 1.82) is 0 Å². The molecule has 0 spiro atoms. The van der Waals surface area contributed by atoms with Crippen LogP contribution in [-0.2, 0) is 4.79 Å². The largest absolute Gasteiger partial charge is 0.389 e. The van der Waals surface area contributed by atoms with Gasteiger partial charge in [0.15, 0.2) is 11.5 Å². The molecule has 23 heavy (non-hydrogen) atoms. The van der Waals surface area contributed by atoms with Crippen LogP contribution in [0.25, 0.3) is 0 Å². The first-order valence-corrected chi connectivity index (χ1v) is 8.76. The van der Waals surface area contributed by atoms with Gasteiger partial charge in [0.05, 0.1) is 11.7 Å². The van der Waals surface area contributed by atoms with E-state index in [1.54, 1.807) is 13.0 Å². The molecule has 0 aromatic carbocycles. The van der Waals surface area contributed by atoms with Gasteiger partial charge in [-0.3, -0.25) is 4.79 Å². The van der Waals surface area contributed by atoms with E-state index in [0.29, 0.717) is 32.1 Å².